The third-order valence-corrected chi connectivity index (χ3v) is 4.45. The van der Waals surface area contributed by atoms with Gasteiger partial charge in [-0.25, -0.2) is 4.98 Å². The van der Waals surface area contributed by atoms with Gasteiger partial charge in [-0.3, -0.25) is 14.6 Å². The van der Waals surface area contributed by atoms with Crippen molar-refractivity contribution in [3.63, 3.8) is 0 Å². The van der Waals surface area contributed by atoms with Gasteiger partial charge in [0.1, 0.15) is 17.2 Å². The maximum atomic E-state index is 12.8. The van der Waals surface area contributed by atoms with E-state index >= 15 is 0 Å². The number of carbonyl (C=O) groups is 2. The van der Waals surface area contributed by atoms with E-state index in [9.17, 15) is 9.59 Å². The highest BCUT2D eigenvalue weighted by atomic mass is 16.5. The number of rotatable bonds is 4. The van der Waals surface area contributed by atoms with E-state index in [0.717, 1.165) is 5.69 Å². The number of ether oxygens (including phenoxy) is 2. The van der Waals surface area contributed by atoms with E-state index in [2.05, 4.69) is 9.97 Å². The minimum atomic E-state index is -0.169. The smallest absolute Gasteiger partial charge is 0.274 e. The maximum absolute atomic E-state index is 12.8. The Balaban J connectivity index is 1.66. The van der Waals surface area contributed by atoms with Gasteiger partial charge in [0.25, 0.3) is 11.8 Å². The van der Waals surface area contributed by atoms with Gasteiger partial charge in [-0.05, 0) is 19.1 Å². The second-order valence-electron chi connectivity index (χ2n) is 6.23. The van der Waals surface area contributed by atoms with E-state index in [1.807, 2.05) is 6.92 Å². The monoisotopic (exact) mass is 370 g/mol. The molecule has 0 atom stereocenters. The minimum Gasteiger partial charge on any atom is -0.497 e. The lowest BCUT2D eigenvalue weighted by Gasteiger charge is -2.34. The number of hydrogen-bond donors (Lipinski definition) is 0. The molecule has 2 aromatic rings. The summed E-state index contributed by atoms with van der Waals surface area (Å²) >= 11 is 0. The molecule has 27 heavy (non-hydrogen) atoms. The molecule has 1 fully saturated rings. The van der Waals surface area contributed by atoms with E-state index in [0.29, 0.717) is 48.9 Å². The Labute approximate surface area is 157 Å². The lowest BCUT2D eigenvalue weighted by atomic mass is 10.1. The first-order valence-electron chi connectivity index (χ1n) is 8.62. The number of benzene rings is 1. The summed E-state index contributed by atoms with van der Waals surface area (Å²) in [6, 6.07) is 5.09. The van der Waals surface area contributed by atoms with Crippen LogP contribution in [0.15, 0.2) is 30.6 Å². The fraction of sp³-hybridized carbons (Fsp3) is 0.368. The van der Waals surface area contributed by atoms with Crippen LogP contribution < -0.4 is 9.47 Å². The molecule has 0 unspecified atom stereocenters. The zero-order valence-corrected chi connectivity index (χ0v) is 15.6. The molecule has 1 aliphatic rings. The molecular formula is C19H22N4O4. The van der Waals surface area contributed by atoms with Gasteiger partial charge in [0.2, 0.25) is 0 Å². The van der Waals surface area contributed by atoms with Crippen molar-refractivity contribution in [3.8, 4) is 11.5 Å². The molecule has 0 saturated carbocycles. The summed E-state index contributed by atoms with van der Waals surface area (Å²) in [5, 5.41) is 0. The standard InChI is InChI=1S/C19H22N4O4/c1-13-11-21-17(12-20-13)19(25)23-6-4-22(5-7-23)18(24)14-8-15(26-2)10-16(9-14)27-3/h8-12H,4-7H2,1-3H3. The second-order valence-corrected chi connectivity index (χ2v) is 6.23. The first-order chi connectivity index (χ1) is 13.0. The zero-order valence-electron chi connectivity index (χ0n) is 15.6. The van der Waals surface area contributed by atoms with Crippen molar-refractivity contribution in [2.45, 2.75) is 6.92 Å². The van der Waals surface area contributed by atoms with Gasteiger partial charge < -0.3 is 19.3 Å². The van der Waals surface area contributed by atoms with Gasteiger partial charge in [0.05, 0.1) is 26.1 Å². The lowest BCUT2D eigenvalue weighted by molar-refractivity contribution is 0.0531. The summed E-state index contributed by atoms with van der Waals surface area (Å²) in [7, 11) is 3.09. The number of amides is 2. The molecule has 1 aliphatic heterocycles. The molecule has 0 radical (unpaired) electrons. The molecule has 3 rings (SSSR count). The van der Waals surface area contributed by atoms with Gasteiger partial charge in [-0.15, -0.1) is 0 Å². The first-order valence-corrected chi connectivity index (χ1v) is 8.62. The van der Waals surface area contributed by atoms with Gasteiger partial charge in [0, 0.05) is 44.0 Å². The number of aryl methyl sites for hydroxylation is 1. The fourth-order valence-corrected chi connectivity index (χ4v) is 2.89. The highest BCUT2D eigenvalue weighted by molar-refractivity contribution is 5.96. The van der Waals surface area contributed by atoms with Crippen LogP contribution in [-0.4, -0.2) is 72.0 Å². The molecule has 0 bridgehead atoms. The van der Waals surface area contributed by atoms with Crippen LogP contribution in [0.1, 0.15) is 26.5 Å². The first kappa shape index (κ1) is 18.6. The Hall–Kier alpha value is -3.16. The Morgan fingerprint density at radius 2 is 1.41 bits per heavy atom. The van der Waals surface area contributed by atoms with Gasteiger partial charge in [-0.2, -0.15) is 0 Å². The molecule has 2 amide bonds. The van der Waals surface area contributed by atoms with Crippen LogP contribution >= 0.6 is 0 Å². The summed E-state index contributed by atoms with van der Waals surface area (Å²) in [5.74, 6) is 0.834. The average Bonchev–Trinajstić information content (AvgIpc) is 2.73. The summed E-state index contributed by atoms with van der Waals surface area (Å²) in [6.45, 7) is 3.61. The number of aromatic nitrogens is 2. The number of carbonyl (C=O) groups excluding carboxylic acids is 2. The summed E-state index contributed by atoms with van der Waals surface area (Å²) in [4.78, 5) is 37.0. The molecule has 8 heteroatoms. The molecule has 8 nitrogen and oxygen atoms in total. The quantitative estimate of drug-likeness (QED) is 0.809. The van der Waals surface area contributed by atoms with Crippen LogP contribution in [0, 0.1) is 6.92 Å². The SMILES string of the molecule is COc1cc(OC)cc(C(=O)N2CCN(C(=O)c3cnc(C)cn3)CC2)c1. The lowest BCUT2D eigenvalue weighted by Crippen LogP contribution is -2.50. The molecule has 142 valence electrons. The van der Waals surface area contributed by atoms with Gasteiger partial charge in [0.15, 0.2) is 0 Å². The Morgan fingerprint density at radius 3 is 1.89 bits per heavy atom. The highest BCUT2D eigenvalue weighted by Crippen LogP contribution is 2.24. The normalized spacial score (nSPS) is 14.0. The van der Waals surface area contributed by atoms with E-state index in [-0.39, 0.29) is 11.8 Å². The van der Waals surface area contributed by atoms with Crippen LogP contribution in [-0.2, 0) is 0 Å². The maximum Gasteiger partial charge on any atom is 0.274 e. The molecule has 0 aliphatic carbocycles. The Kier molecular flexibility index (Phi) is 5.54. The molecule has 1 saturated heterocycles. The zero-order chi connectivity index (χ0) is 19.4. The molecule has 0 spiro atoms. The van der Waals surface area contributed by atoms with Crippen molar-refractivity contribution in [3.05, 3.63) is 47.5 Å². The summed E-state index contributed by atoms with van der Waals surface area (Å²) in [6.07, 6.45) is 3.06. The third kappa shape index (κ3) is 4.16. The van der Waals surface area contributed by atoms with Crippen LogP contribution in [0.4, 0.5) is 0 Å². The molecular weight excluding hydrogens is 348 g/mol. The molecule has 0 N–H and O–H groups in total. The Morgan fingerprint density at radius 1 is 0.852 bits per heavy atom. The van der Waals surface area contributed by atoms with Gasteiger partial charge in [-0.1, -0.05) is 0 Å². The van der Waals surface area contributed by atoms with E-state index in [1.54, 1.807) is 48.4 Å². The van der Waals surface area contributed by atoms with E-state index in [4.69, 9.17) is 9.47 Å². The van der Waals surface area contributed by atoms with Crippen LogP contribution in [0.2, 0.25) is 0 Å². The van der Waals surface area contributed by atoms with Crippen LogP contribution in [0.25, 0.3) is 0 Å². The molecule has 1 aromatic carbocycles. The summed E-state index contributed by atoms with van der Waals surface area (Å²) < 4.78 is 10.4. The number of piperazine rings is 1. The van der Waals surface area contributed by atoms with Crippen LogP contribution in [0.3, 0.4) is 0 Å². The van der Waals surface area contributed by atoms with Crippen molar-refractivity contribution < 1.29 is 19.1 Å². The second kappa shape index (κ2) is 8.03. The van der Waals surface area contributed by atoms with E-state index < -0.39 is 0 Å². The minimum absolute atomic E-state index is 0.116. The van der Waals surface area contributed by atoms with E-state index in [1.165, 1.54) is 6.20 Å². The van der Waals surface area contributed by atoms with Crippen molar-refractivity contribution >= 4 is 11.8 Å². The highest BCUT2D eigenvalue weighted by Gasteiger charge is 2.26. The van der Waals surface area contributed by atoms with Crippen molar-refractivity contribution in [1.29, 1.82) is 0 Å². The van der Waals surface area contributed by atoms with Gasteiger partial charge >= 0.3 is 0 Å². The van der Waals surface area contributed by atoms with Crippen LogP contribution in [0.5, 0.6) is 11.5 Å². The fourth-order valence-electron chi connectivity index (χ4n) is 2.89. The number of methoxy groups -OCH3 is 2. The third-order valence-electron chi connectivity index (χ3n) is 4.45. The number of nitrogens with zero attached hydrogens (tertiary/aromatic N) is 4. The average molecular weight is 370 g/mol. The predicted molar refractivity (Wildman–Crippen MR) is 98.1 cm³/mol. The van der Waals surface area contributed by atoms with Crippen molar-refractivity contribution in [2.75, 3.05) is 40.4 Å². The Bertz CT molecular complexity index is 808. The summed E-state index contributed by atoms with van der Waals surface area (Å²) in [5.41, 5.74) is 1.57. The predicted octanol–water partition coefficient (Wildman–Crippen LogP) is 1.40. The largest absolute Gasteiger partial charge is 0.497 e. The van der Waals surface area contributed by atoms with Crippen molar-refractivity contribution in [1.82, 2.24) is 19.8 Å². The molecule has 1 aromatic heterocycles. The molecule has 2 heterocycles. The number of hydrogen-bond acceptors (Lipinski definition) is 6. The topological polar surface area (TPSA) is 84.9 Å². The van der Waals surface area contributed by atoms with Crippen molar-refractivity contribution in [2.24, 2.45) is 0 Å².